The molecule has 0 radical (unpaired) electrons. The van der Waals surface area contributed by atoms with Gasteiger partial charge in [-0.3, -0.25) is 0 Å². The molecule has 1 aliphatic heterocycles. The summed E-state index contributed by atoms with van der Waals surface area (Å²) in [7, 11) is 0. The summed E-state index contributed by atoms with van der Waals surface area (Å²) in [6.07, 6.45) is 3.28. The molecular weight excluding hydrogens is 376 g/mol. The number of aryl methyl sites for hydroxylation is 2. The van der Waals surface area contributed by atoms with E-state index >= 15 is 0 Å². The van der Waals surface area contributed by atoms with Crippen molar-refractivity contribution >= 4 is 5.97 Å². The molecule has 30 heavy (non-hydrogen) atoms. The predicted molar refractivity (Wildman–Crippen MR) is 119 cm³/mol. The highest BCUT2D eigenvalue weighted by Gasteiger charge is 2.42. The summed E-state index contributed by atoms with van der Waals surface area (Å²) in [4.78, 5) is 12.9. The molecule has 2 aromatic carbocycles. The van der Waals surface area contributed by atoms with Gasteiger partial charge in [0.25, 0.3) is 0 Å². The lowest BCUT2D eigenvalue weighted by molar-refractivity contribution is -0.164. The second kappa shape index (κ2) is 9.38. The summed E-state index contributed by atoms with van der Waals surface area (Å²) in [6, 6.07) is 16.1. The van der Waals surface area contributed by atoms with Gasteiger partial charge in [-0.15, -0.1) is 0 Å². The summed E-state index contributed by atoms with van der Waals surface area (Å²) in [5.74, 6) is 0.123. The topological polar surface area (TPSA) is 55.8 Å². The smallest absolute Gasteiger partial charge is 0.378 e. The molecule has 1 atom stereocenters. The summed E-state index contributed by atoms with van der Waals surface area (Å²) in [6.45, 7) is 8.18. The van der Waals surface area contributed by atoms with Gasteiger partial charge in [-0.05, 0) is 54.9 Å². The van der Waals surface area contributed by atoms with Crippen LogP contribution < -0.4 is 4.74 Å². The first-order valence-electron chi connectivity index (χ1n) is 10.8. The zero-order valence-electron chi connectivity index (χ0n) is 18.4. The van der Waals surface area contributed by atoms with E-state index in [4.69, 9.17) is 9.47 Å². The Labute approximate surface area is 179 Å². The fourth-order valence-electron chi connectivity index (χ4n) is 4.08. The van der Waals surface area contributed by atoms with Crippen LogP contribution in [-0.2, 0) is 16.0 Å². The molecule has 0 amide bonds. The third-order valence-electron chi connectivity index (χ3n) is 5.67. The van der Waals surface area contributed by atoms with Crippen LogP contribution in [0.4, 0.5) is 0 Å². The molecular formula is C26H32O4. The van der Waals surface area contributed by atoms with Crippen LogP contribution in [0.3, 0.4) is 0 Å². The monoisotopic (exact) mass is 408 g/mol. The maximum Gasteiger partial charge on any atom is 0.378 e. The molecule has 1 unspecified atom stereocenters. The number of cyclic esters (lactones) is 1. The summed E-state index contributed by atoms with van der Waals surface area (Å²) in [5, 5.41) is 10.8. The van der Waals surface area contributed by atoms with Crippen LogP contribution in [0.25, 0.3) is 0 Å². The van der Waals surface area contributed by atoms with Crippen LogP contribution in [0.1, 0.15) is 69.1 Å². The van der Waals surface area contributed by atoms with Gasteiger partial charge in [0.2, 0.25) is 5.76 Å². The summed E-state index contributed by atoms with van der Waals surface area (Å²) in [5.41, 5.74) is 2.51. The van der Waals surface area contributed by atoms with E-state index in [2.05, 4.69) is 32.9 Å². The Balaban J connectivity index is 1.84. The first-order chi connectivity index (χ1) is 14.3. The molecule has 0 fully saturated rings. The van der Waals surface area contributed by atoms with E-state index in [1.54, 1.807) is 0 Å². The molecule has 1 N–H and O–H groups in total. The van der Waals surface area contributed by atoms with Gasteiger partial charge >= 0.3 is 5.97 Å². The van der Waals surface area contributed by atoms with Gasteiger partial charge in [0, 0.05) is 6.42 Å². The van der Waals surface area contributed by atoms with Crippen molar-refractivity contribution in [3.05, 3.63) is 76.7 Å². The molecule has 2 aromatic rings. The summed E-state index contributed by atoms with van der Waals surface area (Å²) < 4.78 is 11.9. The third-order valence-corrected chi connectivity index (χ3v) is 5.67. The molecule has 0 saturated carbocycles. The quantitative estimate of drug-likeness (QED) is 0.515. The number of ether oxygens (including phenoxy) is 2. The Morgan fingerprint density at radius 3 is 2.50 bits per heavy atom. The van der Waals surface area contributed by atoms with Gasteiger partial charge in [-0.2, -0.15) is 0 Å². The number of aliphatic hydroxyl groups excluding tert-OH is 1. The fourth-order valence-corrected chi connectivity index (χ4v) is 4.08. The van der Waals surface area contributed by atoms with Crippen molar-refractivity contribution in [1.29, 1.82) is 0 Å². The maximum absolute atomic E-state index is 12.9. The Morgan fingerprint density at radius 1 is 1.13 bits per heavy atom. The standard InChI is InChI=1S/C26H32O4/c1-5-14-26(15-13-20-9-7-6-8-10-20)17-22(27)24(25(28)30-26)29-23-16-19(4)11-12-21(23)18(2)3/h6-12,16,18,27H,5,13-15,17H2,1-4H3. The second-order valence-corrected chi connectivity index (χ2v) is 8.56. The lowest BCUT2D eigenvalue weighted by Gasteiger charge is -2.37. The van der Waals surface area contributed by atoms with E-state index < -0.39 is 11.6 Å². The lowest BCUT2D eigenvalue weighted by atomic mass is 9.85. The third kappa shape index (κ3) is 5.05. The number of carbonyl (C=O) groups is 1. The Hall–Kier alpha value is -2.75. The van der Waals surface area contributed by atoms with Crippen LogP contribution in [-0.4, -0.2) is 16.7 Å². The Bertz CT molecular complexity index is 914. The first kappa shape index (κ1) is 21.9. The zero-order chi connectivity index (χ0) is 21.7. The van der Waals surface area contributed by atoms with Gasteiger partial charge in [-0.1, -0.05) is 69.7 Å². The van der Waals surface area contributed by atoms with E-state index in [-0.39, 0.29) is 23.9 Å². The van der Waals surface area contributed by atoms with Crippen molar-refractivity contribution in [2.75, 3.05) is 0 Å². The average Bonchev–Trinajstić information content (AvgIpc) is 2.70. The molecule has 0 aliphatic carbocycles. The van der Waals surface area contributed by atoms with E-state index in [1.807, 2.05) is 43.3 Å². The zero-order valence-corrected chi connectivity index (χ0v) is 18.4. The van der Waals surface area contributed by atoms with Gasteiger partial charge in [0.15, 0.2) is 0 Å². The molecule has 1 heterocycles. The normalized spacial score (nSPS) is 19.2. The fraction of sp³-hybridized carbons (Fsp3) is 0.423. The highest BCUT2D eigenvalue weighted by Crippen LogP contribution is 2.38. The van der Waals surface area contributed by atoms with Crippen LogP contribution in [0.2, 0.25) is 0 Å². The van der Waals surface area contributed by atoms with Crippen molar-refractivity contribution < 1.29 is 19.4 Å². The Morgan fingerprint density at radius 2 is 1.87 bits per heavy atom. The van der Waals surface area contributed by atoms with Crippen molar-refractivity contribution in [2.24, 2.45) is 0 Å². The van der Waals surface area contributed by atoms with Gasteiger partial charge < -0.3 is 14.6 Å². The van der Waals surface area contributed by atoms with Crippen molar-refractivity contribution in [3.8, 4) is 5.75 Å². The van der Waals surface area contributed by atoms with Crippen molar-refractivity contribution in [1.82, 2.24) is 0 Å². The number of benzene rings is 2. The van der Waals surface area contributed by atoms with E-state index in [1.165, 1.54) is 5.56 Å². The van der Waals surface area contributed by atoms with E-state index in [9.17, 15) is 9.90 Å². The highest BCUT2D eigenvalue weighted by molar-refractivity contribution is 5.88. The molecule has 4 nitrogen and oxygen atoms in total. The predicted octanol–water partition coefficient (Wildman–Crippen LogP) is 6.39. The molecule has 1 aliphatic rings. The summed E-state index contributed by atoms with van der Waals surface area (Å²) >= 11 is 0. The molecule has 4 heteroatoms. The second-order valence-electron chi connectivity index (χ2n) is 8.56. The molecule has 0 bridgehead atoms. The minimum atomic E-state index is -0.702. The molecule has 0 spiro atoms. The number of carbonyl (C=O) groups excluding carboxylic acids is 1. The van der Waals surface area contributed by atoms with Gasteiger partial charge in [0.05, 0.1) is 0 Å². The number of esters is 1. The Kier molecular flexibility index (Phi) is 6.86. The molecule has 0 aromatic heterocycles. The number of hydrogen-bond donors (Lipinski definition) is 1. The highest BCUT2D eigenvalue weighted by atomic mass is 16.6. The molecule has 3 rings (SSSR count). The van der Waals surface area contributed by atoms with Crippen LogP contribution >= 0.6 is 0 Å². The van der Waals surface area contributed by atoms with Gasteiger partial charge in [-0.25, -0.2) is 4.79 Å². The van der Waals surface area contributed by atoms with Crippen LogP contribution in [0, 0.1) is 6.92 Å². The van der Waals surface area contributed by atoms with Crippen LogP contribution in [0.5, 0.6) is 5.75 Å². The minimum Gasteiger partial charge on any atom is -0.508 e. The lowest BCUT2D eigenvalue weighted by Crippen LogP contribution is -2.41. The number of hydrogen-bond acceptors (Lipinski definition) is 4. The van der Waals surface area contributed by atoms with Crippen molar-refractivity contribution in [2.45, 2.75) is 71.3 Å². The number of rotatable bonds is 8. The molecule has 0 saturated heterocycles. The number of aliphatic hydroxyl groups is 1. The van der Waals surface area contributed by atoms with Crippen molar-refractivity contribution in [3.63, 3.8) is 0 Å². The molecule has 160 valence electrons. The van der Waals surface area contributed by atoms with Crippen LogP contribution in [0.15, 0.2) is 60.0 Å². The maximum atomic E-state index is 12.9. The average molecular weight is 409 g/mol. The van der Waals surface area contributed by atoms with E-state index in [0.29, 0.717) is 18.6 Å². The SMILES string of the molecule is CCCC1(CCc2ccccc2)CC(O)=C(Oc2cc(C)ccc2C(C)C)C(=O)O1. The minimum absolute atomic E-state index is 0.0241. The largest absolute Gasteiger partial charge is 0.508 e. The first-order valence-corrected chi connectivity index (χ1v) is 10.8. The van der Waals surface area contributed by atoms with E-state index in [0.717, 1.165) is 24.0 Å². The van der Waals surface area contributed by atoms with Gasteiger partial charge in [0.1, 0.15) is 17.1 Å².